The molecule has 0 atom stereocenters. The molecule has 5 nitrogen and oxygen atoms in total. The highest BCUT2D eigenvalue weighted by Crippen LogP contribution is 2.24. The van der Waals surface area contributed by atoms with Crippen molar-refractivity contribution >= 4 is 10.1 Å². The smallest absolute Gasteiger partial charge is 0.298 e. The van der Waals surface area contributed by atoms with Crippen molar-refractivity contribution in [1.29, 1.82) is 0 Å². The molecule has 2 N–H and O–H groups in total. The highest BCUT2D eigenvalue weighted by atomic mass is 32.2. The lowest BCUT2D eigenvalue weighted by Gasteiger charge is -2.07. The Hall–Kier alpha value is -1.11. The Morgan fingerprint density at radius 2 is 2.13 bits per heavy atom. The maximum Gasteiger partial charge on any atom is 0.298 e. The van der Waals surface area contributed by atoms with Crippen LogP contribution in [0.1, 0.15) is 5.56 Å². The fourth-order valence-corrected chi connectivity index (χ4v) is 1.86. The van der Waals surface area contributed by atoms with Gasteiger partial charge in [0.25, 0.3) is 10.1 Å². The van der Waals surface area contributed by atoms with E-state index in [4.69, 9.17) is 15.0 Å². The van der Waals surface area contributed by atoms with Crippen LogP contribution in [0.2, 0.25) is 0 Å². The first-order valence-electron chi connectivity index (χ1n) is 4.28. The van der Waals surface area contributed by atoms with E-state index in [1.165, 1.54) is 19.2 Å². The summed E-state index contributed by atoms with van der Waals surface area (Å²) >= 11 is 0. The van der Waals surface area contributed by atoms with Gasteiger partial charge in [0.1, 0.15) is 10.6 Å². The molecule has 0 heterocycles. The largest absolute Gasteiger partial charge is 0.495 e. The second kappa shape index (κ2) is 4.61. The molecule has 0 saturated carbocycles. The zero-order chi connectivity index (χ0) is 11.5. The first-order valence-corrected chi connectivity index (χ1v) is 5.72. The maximum absolute atomic E-state index is 10.9. The second-order valence-electron chi connectivity index (χ2n) is 2.96. The van der Waals surface area contributed by atoms with Crippen LogP contribution in [0.25, 0.3) is 0 Å². The van der Waals surface area contributed by atoms with Gasteiger partial charge in [-0.25, -0.2) is 0 Å². The lowest BCUT2D eigenvalue weighted by atomic mass is 10.1. The highest BCUT2D eigenvalue weighted by molar-refractivity contribution is 7.86. The molecule has 0 amide bonds. The van der Waals surface area contributed by atoms with E-state index in [1.54, 1.807) is 6.07 Å². The van der Waals surface area contributed by atoms with Crippen LogP contribution in [0.4, 0.5) is 0 Å². The van der Waals surface area contributed by atoms with Crippen LogP contribution < -0.4 is 10.5 Å². The SMILES string of the molecule is COc1cc(CC[NH])ccc1S(=O)(=O)O. The second-order valence-corrected chi connectivity index (χ2v) is 4.35. The van der Waals surface area contributed by atoms with Gasteiger partial charge in [-0.1, -0.05) is 6.07 Å². The summed E-state index contributed by atoms with van der Waals surface area (Å²) in [6.45, 7) is 0.217. The summed E-state index contributed by atoms with van der Waals surface area (Å²) in [5.41, 5.74) is 7.84. The number of hydrogen-bond acceptors (Lipinski definition) is 3. The van der Waals surface area contributed by atoms with Crippen LogP contribution in [0.3, 0.4) is 0 Å². The average molecular weight is 230 g/mol. The van der Waals surface area contributed by atoms with Gasteiger partial charge < -0.3 is 4.74 Å². The Labute approximate surface area is 88.6 Å². The molecule has 83 valence electrons. The molecule has 1 rings (SSSR count). The van der Waals surface area contributed by atoms with E-state index in [0.29, 0.717) is 6.42 Å². The van der Waals surface area contributed by atoms with Crippen molar-refractivity contribution in [3.05, 3.63) is 23.8 Å². The number of hydrogen-bond donors (Lipinski definition) is 1. The fraction of sp³-hybridized carbons (Fsp3) is 0.333. The number of benzene rings is 1. The van der Waals surface area contributed by atoms with E-state index in [2.05, 4.69) is 0 Å². The van der Waals surface area contributed by atoms with Crippen molar-refractivity contribution in [2.45, 2.75) is 11.3 Å². The molecule has 0 aliphatic rings. The zero-order valence-electron chi connectivity index (χ0n) is 8.23. The molecule has 0 bridgehead atoms. The maximum atomic E-state index is 10.9. The molecular weight excluding hydrogens is 218 g/mol. The summed E-state index contributed by atoms with van der Waals surface area (Å²) in [5, 5.41) is 0. The van der Waals surface area contributed by atoms with E-state index in [9.17, 15) is 8.42 Å². The van der Waals surface area contributed by atoms with Crippen molar-refractivity contribution in [3.8, 4) is 5.75 Å². The molecule has 0 spiro atoms. The molecule has 1 aromatic carbocycles. The molecule has 0 fully saturated rings. The van der Waals surface area contributed by atoms with Gasteiger partial charge in [0, 0.05) is 6.54 Å². The monoisotopic (exact) mass is 230 g/mol. The van der Waals surface area contributed by atoms with Crippen molar-refractivity contribution in [1.82, 2.24) is 5.73 Å². The molecule has 0 aliphatic heterocycles. The molecule has 1 radical (unpaired) electrons. The predicted octanol–water partition coefficient (Wildman–Crippen LogP) is 0.767. The van der Waals surface area contributed by atoms with E-state index < -0.39 is 10.1 Å². The van der Waals surface area contributed by atoms with Gasteiger partial charge in [0.2, 0.25) is 0 Å². The van der Waals surface area contributed by atoms with Gasteiger partial charge in [-0.2, -0.15) is 8.42 Å². The fourth-order valence-electron chi connectivity index (χ4n) is 1.22. The lowest BCUT2D eigenvalue weighted by molar-refractivity contribution is 0.397. The first-order chi connectivity index (χ1) is 6.99. The van der Waals surface area contributed by atoms with Crippen molar-refractivity contribution in [3.63, 3.8) is 0 Å². The molecule has 1 aromatic rings. The van der Waals surface area contributed by atoms with Crippen molar-refractivity contribution in [2.75, 3.05) is 13.7 Å². The molecule has 0 aliphatic carbocycles. The number of nitrogens with one attached hydrogen (secondary N) is 1. The van der Waals surface area contributed by atoms with Crippen LogP contribution >= 0.6 is 0 Å². The minimum atomic E-state index is -4.25. The van der Waals surface area contributed by atoms with Crippen molar-refractivity contribution < 1.29 is 17.7 Å². The first kappa shape index (κ1) is 12.0. The molecule has 6 heteroatoms. The average Bonchev–Trinajstić information content (AvgIpc) is 2.16. The Balaban J connectivity index is 3.21. The van der Waals surface area contributed by atoms with Crippen LogP contribution in [0.5, 0.6) is 5.75 Å². The third-order valence-electron chi connectivity index (χ3n) is 1.92. The van der Waals surface area contributed by atoms with Crippen LogP contribution in [-0.2, 0) is 16.5 Å². The Morgan fingerprint density at radius 3 is 2.60 bits per heavy atom. The molecule has 0 unspecified atom stereocenters. The van der Waals surface area contributed by atoms with Gasteiger partial charge in [-0.3, -0.25) is 10.3 Å². The Kier molecular flexibility index (Phi) is 3.67. The normalized spacial score (nSPS) is 11.4. The van der Waals surface area contributed by atoms with E-state index in [1.807, 2.05) is 0 Å². The van der Waals surface area contributed by atoms with Crippen LogP contribution in [-0.4, -0.2) is 26.6 Å². The quantitative estimate of drug-likeness (QED) is 0.774. The van der Waals surface area contributed by atoms with Gasteiger partial charge in [0.15, 0.2) is 0 Å². The number of ether oxygens (including phenoxy) is 1. The lowest BCUT2D eigenvalue weighted by Crippen LogP contribution is -2.02. The summed E-state index contributed by atoms with van der Waals surface area (Å²) in [6, 6.07) is 4.34. The Morgan fingerprint density at radius 1 is 1.47 bits per heavy atom. The standard InChI is InChI=1S/C9H12NO4S/c1-14-8-6-7(4-5-10)2-3-9(8)15(11,12)13/h2-3,6,10H,4-5H2,1H3,(H,11,12,13). The minimum absolute atomic E-state index is 0.100. The molecule has 0 aromatic heterocycles. The van der Waals surface area contributed by atoms with Crippen molar-refractivity contribution in [2.24, 2.45) is 0 Å². The van der Waals surface area contributed by atoms with Gasteiger partial charge >= 0.3 is 0 Å². The molecule has 0 saturated heterocycles. The van der Waals surface area contributed by atoms with Gasteiger partial charge in [0.05, 0.1) is 7.11 Å². The van der Waals surface area contributed by atoms with E-state index in [-0.39, 0.29) is 17.2 Å². The van der Waals surface area contributed by atoms with Gasteiger partial charge in [-0.05, 0) is 24.1 Å². The summed E-state index contributed by atoms with van der Waals surface area (Å²) < 4.78 is 35.6. The zero-order valence-corrected chi connectivity index (χ0v) is 9.04. The summed E-state index contributed by atoms with van der Waals surface area (Å²) in [7, 11) is -2.92. The molecular formula is C9H12NO4S. The number of methoxy groups -OCH3 is 1. The van der Waals surface area contributed by atoms with Crippen LogP contribution in [0, 0.1) is 0 Å². The van der Waals surface area contributed by atoms with E-state index in [0.717, 1.165) is 5.56 Å². The topological polar surface area (TPSA) is 87.4 Å². The third-order valence-corrected chi connectivity index (χ3v) is 2.81. The highest BCUT2D eigenvalue weighted by Gasteiger charge is 2.16. The molecule has 15 heavy (non-hydrogen) atoms. The third kappa shape index (κ3) is 2.92. The Bertz CT molecular complexity index is 441. The van der Waals surface area contributed by atoms with E-state index >= 15 is 0 Å². The number of rotatable bonds is 4. The van der Waals surface area contributed by atoms with Gasteiger partial charge in [-0.15, -0.1) is 0 Å². The predicted molar refractivity (Wildman–Crippen MR) is 54.5 cm³/mol. The summed E-state index contributed by atoms with van der Waals surface area (Å²) in [5.74, 6) is 0.100. The van der Waals surface area contributed by atoms with Crippen LogP contribution in [0.15, 0.2) is 23.1 Å². The summed E-state index contributed by atoms with van der Waals surface area (Å²) in [6.07, 6.45) is 0.516. The summed E-state index contributed by atoms with van der Waals surface area (Å²) in [4.78, 5) is -0.251. The minimum Gasteiger partial charge on any atom is -0.495 e.